The maximum Gasteiger partial charge on any atom is 0.153 e. The lowest BCUT2D eigenvalue weighted by molar-refractivity contribution is 0.271. The minimum Gasteiger partial charge on any atom is -0.388 e. The second-order valence-corrected chi connectivity index (χ2v) is 3.80. The molecule has 12 heavy (non-hydrogen) atoms. The van der Waals surface area contributed by atoms with Crippen LogP contribution in [0.1, 0.15) is 32.2 Å². The fraction of sp³-hybridized carbons (Fsp3) is 0.556. The van der Waals surface area contributed by atoms with Crippen LogP contribution in [-0.2, 0) is 12.0 Å². The van der Waals surface area contributed by atoms with Gasteiger partial charge in [0, 0.05) is 12.4 Å². The summed E-state index contributed by atoms with van der Waals surface area (Å²) >= 11 is 0. The van der Waals surface area contributed by atoms with Gasteiger partial charge < -0.3 is 5.11 Å². The SMILES string of the molecule is CC(C)(C)c1cnc(CO)nc1. The standard InChI is InChI=1S/C9H14N2O/c1-9(2,3)7-4-10-8(6-12)11-5-7/h4-5,12H,6H2,1-3H3. The Labute approximate surface area is 72.5 Å². The first-order valence-electron chi connectivity index (χ1n) is 3.96. The summed E-state index contributed by atoms with van der Waals surface area (Å²) in [5.74, 6) is 0.475. The first-order valence-corrected chi connectivity index (χ1v) is 3.96. The summed E-state index contributed by atoms with van der Waals surface area (Å²) in [7, 11) is 0. The summed E-state index contributed by atoms with van der Waals surface area (Å²) in [5.41, 5.74) is 1.16. The maximum atomic E-state index is 8.71. The molecule has 0 aromatic carbocycles. The van der Waals surface area contributed by atoms with Crippen LogP contribution in [0.25, 0.3) is 0 Å². The maximum absolute atomic E-state index is 8.71. The molecule has 1 aromatic rings. The van der Waals surface area contributed by atoms with E-state index < -0.39 is 0 Å². The third-order valence-corrected chi connectivity index (χ3v) is 1.71. The molecule has 0 aliphatic carbocycles. The molecular weight excluding hydrogens is 152 g/mol. The van der Waals surface area contributed by atoms with Crippen molar-refractivity contribution in [2.75, 3.05) is 0 Å². The number of hydrogen-bond acceptors (Lipinski definition) is 3. The van der Waals surface area contributed by atoms with Crippen LogP contribution in [0.4, 0.5) is 0 Å². The van der Waals surface area contributed by atoms with Crippen molar-refractivity contribution in [1.82, 2.24) is 9.97 Å². The van der Waals surface area contributed by atoms with Gasteiger partial charge in [0.1, 0.15) is 6.61 Å². The molecule has 0 radical (unpaired) electrons. The second-order valence-electron chi connectivity index (χ2n) is 3.80. The van der Waals surface area contributed by atoms with Crippen LogP contribution in [0.5, 0.6) is 0 Å². The van der Waals surface area contributed by atoms with Gasteiger partial charge in [-0.25, -0.2) is 9.97 Å². The number of nitrogens with zero attached hydrogens (tertiary/aromatic N) is 2. The monoisotopic (exact) mass is 166 g/mol. The van der Waals surface area contributed by atoms with E-state index >= 15 is 0 Å². The van der Waals surface area contributed by atoms with Crippen LogP contribution < -0.4 is 0 Å². The Bertz CT molecular complexity index is 248. The van der Waals surface area contributed by atoms with Crippen LogP contribution in [0.2, 0.25) is 0 Å². The van der Waals surface area contributed by atoms with Crippen molar-refractivity contribution in [3.8, 4) is 0 Å². The van der Waals surface area contributed by atoms with E-state index in [9.17, 15) is 0 Å². The molecule has 0 amide bonds. The Morgan fingerprint density at radius 2 is 1.75 bits per heavy atom. The first-order chi connectivity index (χ1) is 5.54. The van der Waals surface area contributed by atoms with Crippen molar-refractivity contribution in [3.05, 3.63) is 23.8 Å². The Kier molecular flexibility index (Phi) is 2.43. The molecule has 0 spiro atoms. The summed E-state index contributed by atoms with van der Waals surface area (Å²) in [4.78, 5) is 8.01. The van der Waals surface area contributed by atoms with E-state index in [1.54, 1.807) is 12.4 Å². The highest BCUT2D eigenvalue weighted by atomic mass is 16.3. The Morgan fingerprint density at radius 3 is 2.08 bits per heavy atom. The van der Waals surface area contributed by atoms with E-state index in [0.29, 0.717) is 5.82 Å². The highest BCUT2D eigenvalue weighted by Gasteiger charge is 2.13. The summed E-state index contributed by atoms with van der Waals surface area (Å²) in [6.45, 7) is 6.21. The summed E-state index contributed by atoms with van der Waals surface area (Å²) in [5, 5.41) is 8.71. The number of aromatic nitrogens is 2. The highest BCUT2D eigenvalue weighted by Crippen LogP contribution is 2.19. The van der Waals surface area contributed by atoms with Gasteiger partial charge >= 0.3 is 0 Å². The molecule has 0 saturated heterocycles. The predicted molar refractivity (Wildman–Crippen MR) is 46.7 cm³/mol. The number of aliphatic hydroxyl groups is 1. The van der Waals surface area contributed by atoms with E-state index in [1.165, 1.54) is 0 Å². The van der Waals surface area contributed by atoms with Crippen molar-refractivity contribution in [3.63, 3.8) is 0 Å². The lowest BCUT2D eigenvalue weighted by atomic mass is 9.89. The third kappa shape index (κ3) is 2.01. The van der Waals surface area contributed by atoms with Crippen molar-refractivity contribution >= 4 is 0 Å². The van der Waals surface area contributed by atoms with Crippen molar-refractivity contribution in [1.29, 1.82) is 0 Å². The molecule has 1 aromatic heterocycles. The first kappa shape index (κ1) is 9.13. The van der Waals surface area contributed by atoms with Crippen LogP contribution in [0.15, 0.2) is 12.4 Å². The smallest absolute Gasteiger partial charge is 0.153 e. The van der Waals surface area contributed by atoms with Gasteiger partial charge in [-0.2, -0.15) is 0 Å². The molecular formula is C9H14N2O. The van der Waals surface area contributed by atoms with E-state index in [-0.39, 0.29) is 12.0 Å². The Balaban J connectivity index is 2.93. The van der Waals surface area contributed by atoms with Gasteiger partial charge in [0.15, 0.2) is 5.82 Å². The molecule has 1 heterocycles. The highest BCUT2D eigenvalue weighted by molar-refractivity contribution is 5.15. The zero-order valence-electron chi connectivity index (χ0n) is 7.70. The Morgan fingerprint density at radius 1 is 1.25 bits per heavy atom. The zero-order valence-corrected chi connectivity index (χ0v) is 7.70. The summed E-state index contributed by atoms with van der Waals surface area (Å²) in [6.07, 6.45) is 3.52. The van der Waals surface area contributed by atoms with E-state index in [1.807, 2.05) is 0 Å². The minimum atomic E-state index is -0.0928. The zero-order chi connectivity index (χ0) is 9.19. The largest absolute Gasteiger partial charge is 0.388 e. The van der Waals surface area contributed by atoms with Crippen LogP contribution in [0, 0.1) is 0 Å². The molecule has 66 valence electrons. The fourth-order valence-electron chi connectivity index (χ4n) is 0.824. The van der Waals surface area contributed by atoms with Gasteiger partial charge in [0.25, 0.3) is 0 Å². The third-order valence-electron chi connectivity index (χ3n) is 1.71. The molecule has 0 fully saturated rings. The molecule has 3 nitrogen and oxygen atoms in total. The van der Waals surface area contributed by atoms with Crippen LogP contribution in [0.3, 0.4) is 0 Å². The second kappa shape index (κ2) is 3.19. The van der Waals surface area contributed by atoms with E-state index in [2.05, 4.69) is 30.7 Å². The lowest BCUT2D eigenvalue weighted by Crippen LogP contribution is -2.12. The van der Waals surface area contributed by atoms with Gasteiger partial charge in [-0.1, -0.05) is 20.8 Å². The molecule has 0 saturated carbocycles. The van der Waals surface area contributed by atoms with Gasteiger partial charge in [-0.15, -0.1) is 0 Å². The molecule has 0 aliphatic rings. The molecule has 0 bridgehead atoms. The Hall–Kier alpha value is -0.960. The molecule has 0 aliphatic heterocycles. The van der Waals surface area contributed by atoms with E-state index in [4.69, 9.17) is 5.11 Å². The average Bonchev–Trinajstić information content (AvgIpc) is 2.03. The quantitative estimate of drug-likeness (QED) is 0.683. The van der Waals surface area contributed by atoms with Gasteiger partial charge in [0.05, 0.1) is 0 Å². The fourth-order valence-corrected chi connectivity index (χ4v) is 0.824. The number of rotatable bonds is 1. The normalized spacial score (nSPS) is 11.7. The molecule has 1 rings (SSSR count). The molecule has 0 atom stereocenters. The number of hydrogen-bond donors (Lipinski definition) is 1. The van der Waals surface area contributed by atoms with Gasteiger partial charge in [-0.05, 0) is 11.0 Å². The van der Waals surface area contributed by atoms with E-state index in [0.717, 1.165) is 5.56 Å². The molecule has 0 unspecified atom stereocenters. The average molecular weight is 166 g/mol. The number of aliphatic hydroxyl groups excluding tert-OH is 1. The molecule has 1 N–H and O–H groups in total. The lowest BCUT2D eigenvalue weighted by Gasteiger charge is -2.17. The summed E-state index contributed by atoms with van der Waals surface area (Å²) in [6, 6.07) is 0. The van der Waals surface area contributed by atoms with Crippen molar-refractivity contribution in [2.45, 2.75) is 32.8 Å². The topological polar surface area (TPSA) is 46.0 Å². The van der Waals surface area contributed by atoms with Crippen LogP contribution >= 0.6 is 0 Å². The molecule has 3 heteroatoms. The van der Waals surface area contributed by atoms with Crippen molar-refractivity contribution in [2.24, 2.45) is 0 Å². The van der Waals surface area contributed by atoms with Crippen molar-refractivity contribution < 1.29 is 5.11 Å². The van der Waals surface area contributed by atoms with Gasteiger partial charge in [-0.3, -0.25) is 0 Å². The predicted octanol–water partition coefficient (Wildman–Crippen LogP) is 1.27. The van der Waals surface area contributed by atoms with Crippen LogP contribution in [-0.4, -0.2) is 15.1 Å². The summed E-state index contributed by atoms with van der Waals surface area (Å²) < 4.78 is 0. The minimum absolute atomic E-state index is 0.0774. The van der Waals surface area contributed by atoms with Gasteiger partial charge in [0.2, 0.25) is 0 Å².